The van der Waals surface area contributed by atoms with Gasteiger partial charge in [-0.15, -0.1) is 0 Å². The number of carbonyl (C=O) groups is 1. The summed E-state index contributed by atoms with van der Waals surface area (Å²) in [4.78, 5) is 11.2. The van der Waals surface area contributed by atoms with E-state index in [4.69, 9.17) is 17.3 Å². The average molecular weight is 202 g/mol. The number of hydrogen-bond acceptors (Lipinski definition) is 2. The third-order valence-electron chi connectivity index (χ3n) is 1.62. The third-order valence-corrected chi connectivity index (χ3v) is 1.92. The molecule has 1 aromatic rings. The summed E-state index contributed by atoms with van der Waals surface area (Å²) in [5.74, 6) is -0.981. The van der Waals surface area contributed by atoms with Crippen molar-refractivity contribution < 1.29 is 9.18 Å². The highest BCUT2D eigenvalue weighted by Gasteiger charge is 2.12. The van der Waals surface area contributed by atoms with E-state index in [0.29, 0.717) is 0 Å². The first-order chi connectivity index (χ1) is 6.16. The highest BCUT2D eigenvalue weighted by atomic mass is 35.5. The molecule has 70 valence electrons. The van der Waals surface area contributed by atoms with Gasteiger partial charge in [0.05, 0.1) is 10.6 Å². The van der Waals surface area contributed by atoms with Gasteiger partial charge >= 0.3 is 0 Å². The molecule has 0 atom stereocenters. The molecule has 1 rings (SSSR count). The van der Waals surface area contributed by atoms with Gasteiger partial charge < -0.3 is 5.73 Å². The van der Waals surface area contributed by atoms with Crippen LogP contribution in [0.3, 0.4) is 0 Å². The second-order valence-corrected chi connectivity index (χ2v) is 2.97. The lowest BCUT2D eigenvalue weighted by Crippen LogP contribution is -2.09. The monoisotopic (exact) mass is 201 g/mol. The van der Waals surface area contributed by atoms with E-state index in [1.807, 2.05) is 0 Å². The van der Waals surface area contributed by atoms with Crippen molar-refractivity contribution in [3.05, 3.63) is 34.6 Å². The molecule has 1 aromatic carbocycles. The molecule has 0 saturated heterocycles. The number of rotatable bonds is 3. The minimum Gasteiger partial charge on any atom is -0.330 e. The van der Waals surface area contributed by atoms with Crippen LogP contribution in [0.4, 0.5) is 4.39 Å². The first kappa shape index (κ1) is 10.2. The fourth-order valence-corrected chi connectivity index (χ4v) is 1.16. The van der Waals surface area contributed by atoms with Crippen molar-refractivity contribution in [1.29, 1.82) is 0 Å². The van der Waals surface area contributed by atoms with E-state index >= 15 is 0 Å². The Balaban J connectivity index is 3.01. The van der Waals surface area contributed by atoms with Crippen LogP contribution in [0, 0.1) is 5.82 Å². The minimum atomic E-state index is -0.664. The van der Waals surface area contributed by atoms with E-state index in [9.17, 15) is 9.18 Å². The van der Waals surface area contributed by atoms with Crippen molar-refractivity contribution in [2.75, 3.05) is 6.54 Å². The molecular formula is C9H9ClFNO. The molecule has 0 aliphatic heterocycles. The van der Waals surface area contributed by atoms with Crippen molar-refractivity contribution in [2.45, 2.75) is 6.42 Å². The first-order valence-electron chi connectivity index (χ1n) is 3.84. The molecule has 0 radical (unpaired) electrons. The maximum Gasteiger partial charge on any atom is 0.167 e. The van der Waals surface area contributed by atoms with Gasteiger partial charge in [0, 0.05) is 6.42 Å². The topological polar surface area (TPSA) is 43.1 Å². The number of nitrogens with two attached hydrogens (primary N) is 1. The van der Waals surface area contributed by atoms with Gasteiger partial charge in [-0.05, 0) is 18.7 Å². The van der Waals surface area contributed by atoms with Crippen LogP contribution in [-0.2, 0) is 0 Å². The molecule has 0 aromatic heterocycles. The van der Waals surface area contributed by atoms with Crippen LogP contribution in [0.15, 0.2) is 18.2 Å². The first-order valence-corrected chi connectivity index (χ1v) is 4.22. The zero-order valence-electron chi connectivity index (χ0n) is 6.89. The van der Waals surface area contributed by atoms with Crippen molar-refractivity contribution in [1.82, 2.24) is 0 Å². The summed E-state index contributed by atoms with van der Waals surface area (Å²) in [5, 5.41) is -0.0390. The Morgan fingerprint density at radius 3 is 2.85 bits per heavy atom. The fraction of sp³-hybridized carbons (Fsp3) is 0.222. The second kappa shape index (κ2) is 4.35. The molecule has 2 N–H and O–H groups in total. The lowest BCUT2D eigenvalue weighted by Gasteiger charge is -2.01. The molecule has 0 amide bonds. The smallest absolute Gasteiger partial charge is 0.167 e. The largest absolute Gasteiger partial charge is 0.330 e. The molecule has 0 heterocycles. The maximum absolute atomic E-state index is 13.2. The Hall–Kier alpha value is -0.930. The van der Waals surface area contributed by atoms with Gasteiger partial charge in [-0.25, -0.2) is 4.39 Å². The fourth-order valence-electron chi connectivity index (χ4n) is 0.985. The van der Waals surface area contributed by atoms with Crippen LogP contribution < -0.4 is 5.73 Å². The number of Topliss-reactive ketones (excluding diaryl/α,β-unsaturated/α-hetero) is 1. The molecule has 13 heavy (non-hydrogen) atoms. The normalized spacial score (nSPS) is 10.1. The van der Waals surface area contributed by atoms with Crippen molar-refractivity contribution in [2.24, 2.45) is 5.73 Å². The lowest BCUT2D eigenvalue weighted by atomic mass is 10.1. The Morgan fingerprint density at radius 2 is 2.23 bits per heavy atom. The summed E-state index contributed by atoms with van der Waals surface area (Å²) in [6, 6.07) is 4.34. The Labute approximate surface area is 80.5 Å². The molecule has 2 nitrogen and oxygen atoms in total. The summed E-state index contributed by atoms with van der Waals surface area (Å²) in [6.45, 7) is 0.213. The lowest BCUT2D eigenvalue weighted by molar-refractivity contribution is 0.0981. The zero-order valence-corrected chi connectivity index (χ0v) is 7.64. The molecule has 4 heteroatoms. The van der Waals surface area contributed by atoms with Gasteiger partial charge in [0.1, 0.15) is 0 Å². The molecule has 0 aliphatic rings. The van der Waals surface area contributed by atoms with E-state index in [0.717, 1.165) is 0 Å². The Bertz CT molecular complexity index is 327. The van der Waals surface area contributed by atoms with E-state index in [2.05, 4.69) is 0 Å². The van der Waals surface area contributed by atoms with Crippen molar-refractivity contribution in [3.8, 4) is 0 Å². The quantitative estimate of drug-likeness (QED) is 0.761. The predicted molar refractivity (Wildman–Crippen MR) is 49.4 cm³/mol. The zero-order chi connectivity index (χ0) is 9.84. The predicted octanol–water partition coefficient (Wildman–Crippen LogP) is 2.01. The molecule has 0 unspecified atom stereocenters. The van der Waals surface area contributed by atoms with Crippen LogP contribution in [0.25, 0.3) is 0 Å². The van der Waals surface area contributed by atoms with E-state index in [-0.39, 0.29) is 29.3 Å². The van der Waals surface area contributed by atoms with Gasteiger partial charge in [-0.3, -0.25) is 4.79 Å². The van der Waals surface area contributed by atoms with Crippen LogP contribution in [0.1, 0.15) is 16.8 Å². The standard InChI is InChI=1S/C9H9ClFNO/c10-7-3-1-2-6(9(7)11)8(13)4-5-12/h1-3H,4-5,12H2. The second-order valence-electron chi connectivity index (χ2n) is 2.56. The number of halogens is 2. The van der Waals surface area contributed by atoms with Crippen LogP contribution in [0.2, 0.25) is 5.02 Å². The highest BCUT2D eigenvalue weighted by molar-refractivity contribution is 6.31. The summed E-state index contributed by atoms with van der Waals surface area (Å²) in [6.07, 6.45) is 0.136. The van der Waals surface area contributed by atoms with E-state index in [1.54, 1.807) is 0 Å². The van der Waals surface area contributed by atoms with Crippen LogP contribution in [-0.4, -0.2) is 12.3 Å². The van der Waals surface area contributed by atoms with Crippen molar-refractivity contribution >= 4 is 17.4 Å². The van der Waals surface area contributed by atoms with Gasteiger partial charge in [0.25, 0.3) is 0 Å². The number of benzene rings is 1. The summed E-state index contributed by atoms with van der Waals surface area (Å²) in [5.41, 5.74) is 5.19. The summed E-state index contributed by atoms with van der Waals surface area (Å²) < 4.78 is 13.2. The highest BCUT2D eigenvalue weighted by Crippen LogP contribution is 2.18. The average Bonchev–Trinajstić information content (AvgIpc) is 2.10. The van der Waals surface area contributed by atoms with Gasteiger partial charge in [-0.2, -0.15) is 0 Å². The molecule has 0 fully saturated rings. The minimum absolute atomic E-state index is 0.0120. The molecule has 0 bridgehead atoms. The molecule has 0 aliphatic carbocycles. The maximum atomic E-state index is 13.2. The number of hydrogen-bond donors (Lipinski definition) is 1. The Morgan fingerprint density at radius 1 is 1.54 bits per heavy atom. The molecular weight excluding hydrogens is 193 g/mol. The molecule has 0 spiro atoms. The van der Waals surface area contributed by atoms with E-state index < -0.39 is 5.82 Å². The van der Waals surface area contributed by atoms with Crippen molar-refractivity contribution in [3.63, 3.8) is 0 Å². The van der Waals surface area contributed by atoms with Gasteiger partial charge in [-0.1, -0.05) is 17.7 Å². The van der Waals surface area contributed by atoms with Crippen LogP contribution >= 0.6 is 11.6 Å². The summed E-state index contributed by atoms with van der Waals surface area (Å²) in [7, 11) is 0. The molecule has 0 saturated carbocycles. The third kappa shape index (κ3) is 2.26. The Kier molecular flexibility index (Phi) is 3.39. The summed E-state index contributed by atoms with van der Waals surface area (Å²) >= 11 is 5.50. The van der Waals surface area contributed by atoms with Gasteiger partial charge in [0.15, 0.2) is 11.6 Å². The number of carbonyl (C=O) groups excluding carboxylic acids is 1. The SMILES string of the molecule is NCCC(=O)c1cccc(Cl)c1F. The van der Waals surface area contributed by atoms with Crippen LogP contribution in [0.5, 0.6) is 0 Å². The van der Waals surface area contributed by atoms with E-state index in [1.165, 1.54) is 18.2 Å². The number of ketones is 1. The van der Waals surface area contributed by atoms with Gasteiger partial charge in [0.2, 0.25) is 0 Å².